The number of hydrogen-bond acceptors (Lipinski definition) is 1. The first-order valence-electron chi connectivity index (χ1n) is 4.74. The maximum atomic E-state index is 5.95. The van der Waals surface area contributed by atoms with Gasteiger partial charge in [0.25, 0.3) is 0 Å². The van der Waals surface area contributed by atoms with Crippen molar-refractivity contribution in [3.63, 3.8) is 0 Å². The van der Waals surface area contributed by atoms with Crippen LogP contribution in [-0.4, -0.2) is 30.3 Å². The molecule has 68 valence electrons. The quantitative estimate of drug-likeness (QED) is 0.478. The molecule has 0 amide bonds. The Morgan fingerprint density at radius 3 is 1.73 bits per heavy atom. The molecule has 0 saturated carbocycles. The largest absolute Gasteiger partial charge is 0.310 e. The lowest BCUT2D eigenvalue weighted by molar-refractivity contribution is -0.946. The van der Waals surface area contributed by atoms with Crippen LogP contribution in [-0.2, 0) is 0 Å². The van der Waals surface area contributed by atoms with E-state index in [9.17, 15) is 0 Å². The Bertz CT molecular complexity index is 95.7. The third kappa shape index (κ3) is 2.46. The molecule has 0 aliphatic rings. The van der Waals surface area contributed by atoms with Crippen LogP contribution in [0.2, 0.25) is 0 Å². The zero-order valence-electron chi connectivity index (χ0n) is 8.43. The minimum absolute atomic E-state index is 0.282. The molecule has 0 aliphatic heterocycles. The number of hydrogen-bond donors (Lipinski definition) is 1. The van der Waals surface area contributed by atoms with Gasteiger partial charge in [0.05, 0.1) is 19.6 Å². The maximum absolute atomic E-state index is 5.95. The van der Waals surface area contributed by atoms with Gasteiger partial charge in [0, 0.05) is 6.92 Å². The highest BCUT2D eigenvalue weighted by Crippen LogP contribution is 2.10. The van der Waals surface area contributed by atoms with Crippen molar-refractivity contribution in [3.8, 4) is 0 Å². The molecule has 0 bridgehead atoms. The summed E-state index contributed by atoms with van der Waals surface area (Å²) in [6.45, 7) is 12.3. The van der Waals surface area contributed by atoms with Crippen LogP contribution in [0.3, 0.4) is 0 Å². The van der Waals surface area contributed by atoms with E-state index < -0.39 is 0 Å². The summed E-state index contributed by atoms with van der Waals surface area (Å²) in [6, 6.07) is 0. The third-order valence-corrected chi connectivity index (χ3v) is 2.79. The Morgan fingerprint density at radius 2 is 1.64 bits per heavy atom. The lowest BCUT2D eigenvalue weighted by atomic mass is 10.2. The van der Waals surface area contributed by atoms with E-state index in [4.69, 9.17) is 5.73 Å². The first-order chi connectivity index (χ1) is 5.13. The lowest BCUT2D eigenvalue weighted by Gasteiger charge is -2.40. The summed E-state index contributed by atoms with van der Waals surface area (Å²) in [5, 5.41) is 0. The van der Waals surface area contributed by atoms with Gasteiger partial charge in [-0.05, 0) is 20.3 Å². The molecule has 0 aromatic carbocycles. The van der Waals surface area contributed by atoms with Gasteiger partial charge in [-0.2, -0.15) is 0 Å². The van der Waals surface area contributed by atoms with Crippen LogP contribution >= 0.6 is 0 Å². The minimum atomic E-state index is 0.282. The van der Waals surface area contributed by atoms with E-state index in [1.807, 2.05) is 0 Å². The number of rotatable bonds is 5. The van der Waals surface area contributed by atoms with Gasteiger partial charge in [0.1, 0.15) is 6.17 Å². The number of nitrogens with two attached hydrogens (primary N) is 1. The summed E-state index contributed by atoms with van der Waals surface area (Å²) in [4.78, 5) is 0. The molecule has 2 nitrogen and oxygen atoms in total. The monoisotopic (exact) mass is 159 g/mol. The smallest absolute Gasteiger partial charge is 0.137 e. The standard InChI is InChI=1S/C9H23N2/c1-5-8-11(6-2,7-3)9(4)10/h9H,5-8,10H2,1-4H3/q+1. The van der Waals surface area contributed by atoms with Gasteiger partial charge in [-0.25, -0.2) is 0 Å². The molecule has 0 aromatic heterocycles. The van der Waals surface area contributed by atoms with Crippen LogP contribution in [0, 0.1) is 0 Å². The zero-order valence-corrected chi connectivity index (χ0v) is 8.43. The molecular weight excluding hydrogens is 136 g/mol. The van der Waals surface area contributed by atoms with Gasteiger partial charge >= 0.3 is 0 Å². The predicted octanol–water partition coefficient (Wildman–Crippen LogP) is 1.56. The second kappa shape index (κ2) is 4.73. The molecule has 0 heterocycles. The SMILES string of the molecule is CCC[N+](CC)(CC)C(C)N. The summed E-state index contributed by atoms with van der Waals surface area (Å²) < 4.78 is 1.07. The van der Waals surface area contributed by atoms with E-state index in [0.29, 0.717) is 0 Å². The molecule has 0 rings (SSSR count). The summed E-state index contributed by atoms with van der Waals surface area (Å²) in [5.41, 5.74) is 5.95. The van der Waals surface area contributed by atoms with Crippen molar-refractivity contribution < 1.29 is 4.48 Å². The molecule has 0 fully saturated rings. The first-order valence-corrected chi connectivity index (χ1v) is 4.74. The Morgan fingerprint density at radius 1 is 1.18 bits per heavy atom. The van der Waals surface area contributed by atoms with Gasteiger partial charge < -0.3 is 4.48 Å². The van der Waals surface area contributed by atoms with Crippen molar-refractivity contribution >= 4 is 0 Å². The molecule has 1 atom stereocenters. The van der Waals surface area contributed by atoms with Gasteiger partial charge in [-0.1, -0.05) is 6.92 Å². The summed E-state index contributed by atoms with van der Waals surface area (Å²) in [5.74, 6) is 0. The van der Waals surface area contributed by atoms with Crippen molar-refractivity contribution in [2.75, 3.05) is 19.6 Å². The van der Waals surface area contributed by atoms with Crippen LogP contribution in [0.25, 0.3) is 0 Å². The van der Waals surface area contributed by atoms with Crippen LogP contribution in [0.1, 0.15) is 34.1 Å². The fourth-order valence-corrected chi connectivity index (χ4v) is 1.76. The van der Waals surface area contributed by atoms with Crippen molar-refractivity contribution in [3.05, 3.63) is 0 Å². The van der Waals surface area contributed by atoms with Gasteiger partial charge in [0.15, 0.2) is 0 Å². The van der Waals surface area contributed by atoms with E-state index in [1.54, 1.807) is 0 Å². The maximum Gasteiger partial charge on any atom is 0.137 e. The van der Waals surface area contributed by atoms with Crippen LogP contribution in [0.4, 0.5) is 0 Å². The average Bonchev–Trinajstić information content (AvgIpc) is 2.00. The summed E-state index contributed by atoms with van der Waals surface area (Å²) in [6.07, 6.45) is 1.51. The van der Waals surface area contributed by atoms with Gasteiger partial charge in [0.2, 0.25) is 0 Å². The Hall–Kier alpha value is -0.0800. The highest BCUT2D eigenvalue weighted by atomic mass is 15.4. The first kappa shape index (κ1) is 10.9. The Labute approximate surface area is 71.0 Å². The van der Waals surface area contributed by atoms with E-state index >= 15 is 0 Å². The summed E-state index contributed by atoms with van der Waals surface area (Å²) in [7, 11) is 0. The molecular formula is C9H23N2+. The van der Waals surface area contributed by atoms with Crippen LogP contribution in [0.15, 0.2) is 0 Å². The minimum Gasteiger partial charge on any atom is -0.310 e. The predicted molar refractivity (Wildman–Crippen MR) is 50.1 cm³/mol. The topological polar surface area (TPSA) is 26.0 Å². The molecule has 11 heavy (non-hydrogen) atoms. The molecule has 0 aromatic rings. The Kier molecular flexibility index (Phi) is 4.69. The normalized spacial score (nSPS) is 15.0. The van der Waals surface area contributed by atoms with Crippen LogP contribution < -0.4 is 5.73 Å². The van der Waals surface area contributed by atoms with E-state index in [-0.39, 0.29) is 6.17 Å². The highest BCUT2D eigenvalue weighted by Gasteiger charge is 2.25. The number of quaternary nitrogens is 1. The fraction of sp³-hybridized carbons (Fsp3) is 1.00. The molecule has 2 heteroatoms. The van der Waals surface area contributed by atoms with Gasteiger partial charge in [-0.15, -0.1) is 0 Å². The molecule has 2 N–H and O–H groups in total. The average molecular weight is 159 g/mol. The van der Waals surface area contributed by atoms with E-state index in [1.165, 1.54) is 13.0 Å². The lowest BCUT2D eigenvalue weighted by Crippen LogP contribution is -2.58. The second-order valence-corrected chi connectivity index (χ2v) is 3.32. The van der Waals surface area contributed by atoms with Crippen molar-refractivity contribution in [2.45, 2.75) is 40.3 Å². The molecule has 0 saturated heterocycles. The number of nitrogens with zero attached hydrogens (tertiary/aromatic N) is 1. The van der Waals surface area contributed by atoms with E-state index in [2.05, 4.69) is 27.7 Å². The molecule has 0 spiro atoms. The second-order valence-electron chi connectivity index (χ2n) is 3.32. The van der Waals surface area contributed by atoms with Gasteiger partial charge in [-0.3, -0.25) is 5.73 Å². The fourth-order valence-electron chi connectivity index (χ4n) is 1.76. The van der Waals surface area contributed by atoms with E-state index in [0.717, 1.165) is 17.6 Å². The molecule has 0 aliphatic carbocycles. The Balaban J connectivity index is 4.20. The van der Waals surface area contributed by atoms with Crippen molar-refractivity contribution in [2.24, 2.45) is 5.73 Å². The van der Waals surface area contributed by atoms with Crippen molar-refractivity contribution in [1.29, 1.82) is 0 Å². The highest BCUT2D eigenvalue weighted by molar-refractivity contribution is 4.43. The summed E-state index contributed by atoms with van der Waals surface area (Å²) >= 11 is 0. The zero-order chi connectivity index (χ0) is 8.91. The molecule has 0 radical (unpaired) electrons. The van der Waals surface area contributed by atoms with Crippen molar-refractivity contribution in [1.82, 2.24) is 0 Å². The molecule has 1 unspecified atom stereocenters. The van der Waals surface area contributed by atoms with Crippen LogP contribution in [0.5, 0.6) is 0 Å². The third-order valence-electron chi connectivity index (χ3n) is 2.79.